The van der Waals surface area contributed by atoms with Crippen molar-refractivity contribution in [1.29, 1.82) is 0 Å². The van der Waals surface area contributed by atoms with Crippen LogP contribution in [0.15, 0.2) is 77.7 Å². The Bertz CT molecular complexity index is 1280. The number of imidazole rings is 1. The summed E-state index contributed by atoms with van der Waals surface area (Å²) < 4.78 is 16.2. The zero-order valence-electron chi connectivity index (χ0n) is 20.8. The van der Waals surface area contributed by atoms with Crippen molar-refractivity contribution in [2.45, 2.75) is 50.7 Å². The van der Waals surface area contributed by atoms with Crippen LogP contribution < -0.4 is 10.4 Å². The molecule has 0 spiro atoms. The Kier molecular flexibility index (Phi) is 7.38. The first-order valence-electron chi connectivity index (χ1n) is 12.4. The third-order valence-corrected chi connectivity index (χ3v) is 13.0. The molecule has 0 bridgehead atoms. The summed E-state index contributed by atoms with van der Waals surface area (Å²) in [7, 11) is -2.58. The minimum absolute atomic E-state index is 0.0443. The van der Waals surface area contributed by atoms with Crippen molar-refractivity contribution in [3.8, 4) is 0 Å². The Morgan fingerprint density at radius 3 is 2.25 bits per heavy atom. The number of aromatic nitrogens is 3. The fourth-order valence-electron chi connectivity index (χ4n) is 5.39. The Labute approximate surface area is 227 Å². The van der Waals surface area contributed by atoms with E-state index in [0.717, 1.165) is 24.2 Å². The van der Waals surface area contributed by atoms with Gasteiger partial charge in [-0.2, -0.15) is 0 Å². The lowest BCUT2D eigenvalue weighted by Gasteiger charge is -2.44. The summed E-state index contributed by atoms with van der Waals surface area (Å²) in [6.45, 7) is 8.08. The van der Waals surface area contributed by atoms with E-state index in [0.29, 0.717) is 23.0 Å². The molecule has 0 aliphatic carbocycles. The highest BCUT2D eigenvalue weighted by Crippen LogP contribution is 2.38. The molecule has 2 unspecified atom stereocenters. The van der Waals surface area contributed by atoms with Crippen molar-refractivity contribution in [2.24, 2.45) is 0 Å². The number of fused-ring (bicyclic) bond motifs is 1. The van der Waals surface area contributed by atoms with Crippen LogP contribution >= 0.6 is 27.5 Å². The molecule has 1 aliphatic heterocycles. The number of rotatable bonds is 6. The van der Waals surface area contributed by atoms with Crippen LogP contribution in [0.1, 0.15) is 45.4 Å². The van der Waals surface area contributed by atoms with Crippen LogP contribution in [0.25, 0.3) is 5.52 Å². The van der Waals surface area contributed by atoms with Gasteiger partial charge in [0, 0.05) is 18.3 Å². The molecule has 8 heteroatoms. The molecule has 36 heavy (non-hydrogen) atoms. The first-order valence-corrected chi connectivity index (χ1v) is 15.4. The lowest BCUT2D eigenvalue weighted by atomic mass is 9.98. The fraction of sp³-hybridized carbons (Fsp3) is 0.357. The maximum atomic E-state index is 7.10. The van der Waals surface area contributed by atoms with E-state index in [1.54, 1.807) is 6.20 Å². The van der Waals surface area contributed by atoms with E-state index in [-0.39, 0.29) is 17.1 Å². The number of benzene rings is 2. The van der Waals surface area contributed by atoms with Crippen molar-refractivity contribution in [3.05, 3.63) is 88.6 Å². The monoisotopic (exact) mass is 583 g/mol. The predicted molar refractivity (Wildman–Crippen MR) is 151 cm³/mol. The molecular formula is C28H31BrClN3O2Si. The fourth-order valence-corrected chi connectivity index (χ4v) is 10.9. The second-order valence-electron chi connectivity index (χ2n) is 10.4. The molecule has 0 N–H and O–H groups in total. The Balaban J connectivity index is 1.36. The van der Waals surface area contributed by atoms with Gasteiger partial charge in [0.2, 0.25) is 0 Å². The summed E-state index contributed by atoms with van der Waals surface area (Å²) in [4.78, 5) is 8.93. The van der Waals surface area contributed by atoms with Crippen LogP contribution in [-0.4, -0.2) is 42.0 Å². The van der Waals surface area contributed by atoms with Gasteiger partial charge in [0.05, 0.1) is 19.3 Å². The first-order chi connectivity index (χ1) is 17.3. The van der Waals surface area contributed by atoms with Crippen LogP contribution in [0.5, 0.6) is 0 Å². The van der Waals surface area contributed by atoms with E-state index in [4.69, 9.17) is 25.7 Å². The molecule has 1 aliphatic rings. The normalized spacial score (nSPS) is 19.0. The van der Waals surface area contributed by atoms with E-state index in [9.17, 15) is 0 Å². The Morgan fingerprint density at radius 1 is 1.06 bits per heavy atom. The van der Waals surface area contributed by atoms with Gasteiger partial charge in [0.25, 0.3) is 8.32 Å². The number of halogens is 2. The smallest absolute Gasteiger partial charge is 0.261 e. The molecule has 3 heterocycles. The summed E-state index contributed by atoms with van der Waals surface area (Å²) >= 11 is 9.86. The topological polar surface area (TPSA) is 48.7 Å². The number of hydrogen-bond acceptors (Lipinski definition) is 4. The maximum Gasteiger partial charge on any atom is 0.261 e. The summed E-state index contributed by atoms with van der Waals surface area (Å²) in [6, 6.07) is 21.5. The van der Waals surface area contributed by atoms with E-state index in [1.807, 2.05) is 10.6 Å². The van der Waals surface area contributed by atoms with Crippen LogP contribution in [0.3, 0.4) is 0 Å². The van der Waals surface area contributed by atoms with Gasteiger partial charge in [-0.1, -0.05) is 93.0 Å². The van der Waals surface area contributed by atoms with Crippen molar-refractivity contribution in [3.63, 3.8) is 0 Å². The quantitative estimate of drug-likeness (QED) is 0.262. The summed E-state index contributed by atoms with van der Waals surface area (Å²) in [5.74, 6) is 1.14. The zero-order chi connectivity index (χ0) is 25.3. The molecule has 188 valence electrons. The van der Waals surface area contributed by atoms with E-state index >= 15 is 0 Å². The molecule has 4 aromatic rings. The highest BCUT2D eigenvalue weighted by atomic mass is 79.9. The molecule has 2 atom stereocenters. The van der Waals surface area contributed by atoms with E-state index < -0.39 is 8.32 Å². The Hall–Kier alpha value is -2.03. The van der Waals surface area contributed by atoms with Gasteiger partial charge in [0.1, 0.15) is 15.9 Å². The minimum Gasteiger partial charge on any atom is -0.405 e. The lowest BCUT2D eigenvalue weighted by molar-refractivity contribution is -0.0245. The molecule has 1 saturated heterocycles. The van der Waals surface area contributed by atoms with Crippen molar-refractivity contribution >= 4 is 51.7 Å². The standard InChI is InChI=1S/C28H31BrClN3O2Si/c1-28(2,3)36(22-10-6-4-7-11-22,23-12-8-5-9-13-23)35-19-21-15-14-20(18-34-21)27-32-25(29)24-26(30)31-16-17-33(24)27/h4-13,16-17,20-21H,14-15,18-19H2,1-3H3. The second kappa shape index (κ2) is 10.4. The number of hydrogen-bond donors (Lipinski definition) is 0. The van der Waals surface area contributed by atoms with Crippen LogP contribution in [0.4, 0.5) is 0 Å². The van der Waals surface area contributed by atoms with Gasteiger partial charge >= 0.3 is 0 Å². The molecule has 1 fully saturated rings. The molecule has 0 amide bonds. The zero-order valence-corrected chi connectivity index (χ0v) is 24.2. The van der Waals surface area contributed by atoms with Crippen LogP contribution in [-0.2, 0) is 9.16 Å². The average Bonchev–Trinajstić information content (AvgIpc) is 3.23. The molecule has 0 saturated carbocycles. The summed E-state index contributed by atoms with van der Waals surface area (Å²) in [6.07, 6.45) is 5.54. The van der Waals surface area contributed by atoms with Gasteiger partial charge in [-0.25, -0.2) is 9.97 Å². The molecule has 2 aromatic heterocycles. The van der Waals surface area contributed by atoms with Gasteiger partial charge in [0.15, 0.2) is 5.15 Å². The molecule has 2 aromatic carbocycles. The van der Waals surface area contributed by atoms with Crippen molar-refractivity contribution in [1.82, 2.24) is 14.4 Å². The van der Waals surface area contributed by atoms with E-state index in [1.165, 1.54) is 10.4 Å². The first kappa shape index (κ1) is 25.6. The number of nitrogens with zero attached hydrogens (tertiary/aromatic N) is 3. The molecular weight excluding hydrogens is 554 g/mol. The van der Waals surface area contributed by atoms with E-state index in [2.05, 4.69) is 102 Å². The van der Waals surface area contributed by atoms with Gasteiger partial charge in [-0.15, -0.1) is 0 Å². The maximum absolute atomic E-state index is 7.10. The Morgan fingerprint density at radius 2 is 1.69 bits per heavy atom. The van der Waals surface area contributed by atoms with Gasteiger partial charge in [-0.3, -0.25) is 4.40 Å². The third kappa shape index (κ3) is 4.68. The SMILES string of the molecule is CC(C)(C)[Si](OCC1CCC(c2nc(Br)c3c(Cl)nccn23)CO1)(c1ccccc1)c1ccccc1. The van der Waals surface area contributed by atoms with Crippen molar-refractivity contribution < 1.29 is 9.16 Å². The van der Waals surface area contributed by atoms with Gasteiger partial charge in [-0.05, 0) is 44.2 Å². The predicted octanol–water partition coefficient (Wildman–Crippen LogP) is 5.98. The molecule has 0 radical (unpaired) electrons. The van der Waals surface area contributed by atoms with Crippen molar-refractivity contribution in [2.75, 3.05) is 13.2 Å². The highest BCUT2D eigenvalue weighted by Gasteiger charge is 2.50. The van der Waals surface area contributed by atoms with Crippen LogP contribution in [0, 0.1) is 0 Å². The second-order valence-corrected chi connectivity index (χ2v) is 15.8. The molecule has 5 rings (SSSR count). The largest absolute Gasteiger partial charge is 0.405 e. The molecule has 5 nitrogen and oxygen atoms in total. The minimum atomic E-state index is -2.58. The number of ether oxygens (including phenoxy) is 1. The van der Waals surface area contributed by atoms with Gasteiger partial charge < -0.3 is 9.16 Å². The van der Waals surface area contributed by atoms with Crippen LogP contribution in [0.2, 0.25) is 10.2 Å². The average molecular weight is 585 g/mol. The summed E-state index contributed by atoms with van der Waals surface area (Å²) in [5, 5.41) is 2.96. The highest BCUT2D eigenvalue weighted by molar-refractivity contribution is 9.10. The lowest BCUT2D eigenvalue weighted by Crippen LogP contribution is -2.67. The summed E-state index contributed by atoms with van der Waals surface area (Å²) in [5.41, 5.74) is 0.798. The third-order valence-electron chi connectivity index (χ3n) is 7.13.